The number of hydrogen-bond donors (Lipinski definition) is 0. The maximum Gasteiger partial charge on any atom is 0.330 e. The fourth-order valence-corrected chi connectivity index (χ4v) is 1.74. The van der Waals surface area contributed by atoms with Crippen molar-refractivity contribution in [3.63, 3.8) is 0 Å². The van der Waals surface area contributed by atoms with Gasteiger partial charge in [-0.05, 0) is 25.3 Å². The van der Waals surface area contributed by atoms with E-state index in [2.05, 4.69) is 13.8 Å². The Morgan fingerprint density at radius 1 is 1.22 bits per heavy atom. The Morgan fingerprint density at radius 2 is 1.94 bits per heavy atom. The van der Waals surface area contributed by atoms with Crippen LogP contribution in [0.15, 0.2) is 11.6 Å². The van der Waals surface area contributed by atoms with Gasteiger partial charge in [-0.3, -0.25) is 0 Å². The van der Waals surface area contributed by atoms with Crippen LogP contribution in [0.5, 0.6) is 0 Å². The average molecular weight is 258 g/mol. The van der Waals surface area contributed by atoms with E-state index in [0.717, 1.165) is 31.3 Å². The predicted octanol–water partition coefficient (Wildman–Crippen LogP) is 3.07. The minimum absolute atomic E-state index is 0.0562. The normalized spacial score (nSPS) is 13.4. The van der Waals surface area contributed by atoms with Gasteiger partial charge >= 0.3 is 5.97 Å². The van der Waals surface area contributed by atoms with E-state index in [1.807, 2.05) is 0 Å². The Labute approximate surface area is 110 Å². The first-order valence-electron chi connectivity index (χ1n) is 6.67. The molecule has 0 amide bonds. The second-order valence-electron chi connectivity index (χ2n) is 4.07. The predicted molar refractivity (Wildman–Crippen MR) is 71.3 cm³/mol. The molecular weight excluding hydrogens is 232 g/mol. The molecule has 0 spiro atoms. The van der Waals surface area contributed by atoms with E-state index in [1.165, 1.54) is 0 Å². The molecule has 0 saturated carbocycles. The Morgan fingerprint density at radius 3 is 2.44 bits per heavy atom. The van der Waals surface area contributed by atoms with Gasteiger partial charge in [0.15, 0.2) is 0 Å². The lowest BCUT2D eigenvalue weighted by Gasteiger charge is -2.20. The first kappa shape index (κ1) is 17.1. The highest BCUT2D eigenvalue weighted by Crippen LogP contribution is 2.18. The van der Waals surface area contributed by atoms with Crippen LogP contribution in [0, 0.1) is 0 Å². The van der Waals surface area contributed by atoms with Gasteiger partial charge in [-0.1, -0.05) is 26.7 Å². The van der Waals surface area contributed by atoms with E-state index in [9.17, 15) is 4.79 Å². The van der Waals surface area contributed by atoms with E-state index < -0.39 is 0 Å². The number of ether oxygens (including phenoxy) is 3. The summed E-state index contributed by atoms with van der Waals surface area (Å²) in [6.45, 7) is 6.62. The van der Waals surface area contributed by atoms with Crippen LogP contribution in [0.25, 0.3) is 0 Å². The molecule has 1 atom stereocenters. The van der Waals surface area contributed by atoms with E-state index in [4.69, 9.17) is 14.2 Å². The molecule has 4 nitrogen and oxygen atoms in total. The molecule has 0 heterocycles. The summed E-state index contributed by atoms with van der Waals surface area (Å²) < 4.78 is 15.5. The second-order valence-corrected chi connectivity index (χ2v) is 4.07. The molecule has 0 N–H and O–H groups in total. The van der Waals surface area contributed by atoms with E-state index in [-0.39, 0.29) is 18.9 Å². The van der Waals surface area contributed by atoms with Crippen molar-refractivity contribution in [2.75, 3.05) is 20.5 Å². The Bertz CT molecular complexity index is 248. The lowest BCUT2D eigenvalue weighted by atomic mass is 10.0. The highest BCUT2D eigenvalue weighted by atomic mass is 16.7. The first-order valence-corrected chi connectivity index (χ1v) is 6.67. The van der Waals surface area contributed by atoms with Crippen molar-refractivity contribution in [2.24, 2.45) is 0 Å². The average Bonchev–Trinajstić information content (AvgIpc) is 2.34. The topological polar surface area (TPSA) is 44.8 Å². The van der Waals surface area contributed by atoms with Crippen molar-refractivity contribution in [2.45, 2.75) is 52.6 Å². The zero-order valence-corrected chi connectivity index (χ0v) is 12.0. The lowest BCUT2D eigenvalue weighted by molar-refractivity contribution is -0.137. The molecular formula is C14H26O4. The number of carbonyl (C=O) groups excluding carboxylic acids is 1. The molecule has 0 aromatic carbocycles. The third-order valence-electron chi connectivity index (χ3n) is 2.48. The fraction of sp³-hybridized carbons (Fsp3) is 0.786. The quantitative estimate of drug-likeness (QED) is 0.343. The monoisotopic (exact) mass is 258 g/mol. The van der Waals surface area contributed by atoms with Gasteiger partial charge in [0.05, 0.1) is 12.7 Å². The van der Waals surface area contributed by atoms with Crippen LogP contribution in [0.3, 0.4) is 0 Å². The van der Waals surface area contributed by atoms with Gasteiger partial charge in [-0.25, -0.2) is 4.79 Å². The Hall–Kier alpha value is -0.870. The van der Waals surface area contributed by atoms with Crippen molar-refractivity contribution >= 4 is 5.97 Å². The summed E-state index contributed by atoms with van der Waals surface area (Å²) in [6, 6.07) is 0. The molecule has 0 aromatic heterocycles. The van der Waals surface area contributed by atoms with Gasteiger partial charge in [0.25, 0.3) is 0 Å². The molecule has 0 bridgehead atoms. The SMILES string of the molecule is CCC/C(=C\C(=O)OCC)C(CCC)OCOC. The molecule has 0 aliphatic heterocycles. The van der Waals surface area contributed by atoms with Crippen LogP contribution >= 0.6 is 0 Å². The van der Waals surface area contributed by atoms with Crippen molar-refractivity contribution < 1.29 is 19.0 Å². The molecule has 0 aliphatic carbocycles. The number of methoxy groups -OCH3 is 1. The molecule has 0 aliphatic rings. The third kappa shape index (κ3) is 7.45. The first-order chi connectivity index (χ1) is 8.69. The van der Waals surface area contributed by atoms with Crippen LogP contribution in [-0.2, 0) is 19.0 Å². The zero-order chi connectivity index (χ0) is 13.8. The fourth-order valence-electron chi connectivity index (χ4n) is 1.74. The van der Waals surface area contributed by atoms with Crippen LogP contribution in [0.1, 0.15) is 46.5 Å². The minimum atomic E-state index is -0.289. The maximum atomic E-state index is 11.5. The van der Waals surface area contributed by atoms with Gasteiger partial charge in [-0.2, -0.15) is 0 Å². The van der Waals surface area contributed by atoms with Crippen LogP contribution in [0.4, 0.5) is 0 Å². The number of rotatable bonds is 10. The molecule has 4 heteroatoms. The highest BCUT2D eigenvalue weighted by molar-refractivity contribution is 5.82. The Kier molecular flexibility index (Phi) is 10.7. The zero-order valence-electron chi connectivity index (χ0n) is 12.0. The van der Waals surface area contributed by atoms with E-state index in [0.29, 0.717) is 6.61 Å². The van der Waals surface area contributed by atoms with Crippen molar-refractivity contribution in [3.05, 3.63) is 11.6 Å². The molecule has 0 radical (unpaired) electrons. The Balaban J connectivity index is 4.70. The summed E-state index contributed by atoms with van der Waals surface area (Å²) in [5, 5.41) is 0. The number of carbonyl (C=O) groups is 1. The summed E-state index contributed by atoms with van der Waals surface area (Å²) in [5.74, 6) is -0.289. The largest absolute Gasteiger partial charge is 0.463 e. The second kappa shape index (κ2) is 11.2. The number of esters is 1. The molecule has 0 fully saturated rings. The maximum absolute atomic E-state index is 11.5. The van der Waals surface area contributed by atoms with E-state index in [1.54, 1.807) is 20.1 Å². The molecule has 18 heavy (non-hydrogen) atoms. The summed E-state index contributed by atoms with van der Waals surface area (Å²) >= 11 is 0. The molecule has 0 rings (SSSR count). The van der Waals surface area contributed by atoms with Crippen molar-refractivity contribution in [3.8, 4) is 0 Å². The van der Waals surface area contributed by atoms with Gasteiger partial charge in [-0.15, -0.1) is 0 Å². The minimum Gasteiger partial charge on any atom is -0.463 e. The molecule has 0 aromatic rings. The van der Waals surface area contributed by atoms with Crippen LogP contribution < -0.4 is 0 Å². The van der Waals surface area contributed by atoms with Crippen molar-refractivity contribution in [1.82, 2.24) is 0 Å². The summed E-state index contributed by atoms with van der Waals surface area (Å²) in [6.07, 6.45) is 5.21. The highest BCUT2D eigenvalue weighted by Gasteiger charge is 2.15. The lowest BCUT2D eigenvalue weighted by Crippen LogP contribution is -2.19. The smallest absolute Gasteiger partial charge is 0.330 e. The molecule has 0 saturated heterocycles. The van der Waals surface area contributed by atoms with Gasteiger partial charge in [0.2, 0.25) is 0 Å². The van der Waals surface area contributed by atoms with E-state index >= 15 is 0 Å². The van der Waals surface area contributed by atoms with Crippen LogP contribution in [-0.4, -0.2) is 32.6 Å². The molecule has 1 unspecified atom stereocenters. The molecule has 106 valence electrons. The van der Waals surface area contributed by atoms with Crippen LogP contribution in [0.2, 0.25) is 0 Å². The van der Waals surface area contributed by atoms with Crippen molar-refractivity contribution in [1.29, 1.82) is 0 Å². The standard InChI is InChI=1S/C14H26O4/c1-5-8-12(10-14(15)17-7-3)13(9-6-2)18-11-16-4/h10,13H,5-9,11H2,1-4H3/b12-10+. The summed E-state index contributed by atoms with van der Waals surface area (Å²) in [7, 11) is 1.59. The van der Waals surface area contributed by atoms with Gasteiger partial charge in [0, 0.05) is 13.2 Å². The van der Waals surface area contributed by atoms with Gasteiger partial charge < -0.3 is 14.2 Å². The summed E-state index contributed by atoms with van der Waals surface area (Å²) in [5.41, 5.74) is 0.995. The number of hydrogen-bond acceptors (Lipinski definition) is 4. The summed E-state index contributed by atoms with van der Waals surface area (Å²) in [4.78, 5) is 11.5. The van der Waals surface area contributed by atoms with Gasteiger partial charge in [0.1, 0.15) is 6.79 Å². The third-order valence-corrected chi connectivity index (χ3v) is 2.48.